The second kappa shape index (κ2) is 7.94. The lowest BCUT2D eigenvalue weighted by molar-refractivity contribution is -0.115. The molecule has 2 aromatic carbocycles. The molecule has 4 rings (SSSR count). The lowest BCUT2D eigenvalue weighted by Gasteiger charge is -2.04. The molecule has 138 valence electrons. The average Bonchev–Trinajstić information content (AvgIpc) is 3.20. The number of carbonyl (C=O) groups excluding carboxylic acids is 1. The highest BCUT2D eigenvalue weighted by molar-refractivity contribution is 7.15. The van der Waals surface area contributed by atoms with Crippen molar-refractivity contribution >= 4 is 40.3 Å². The van der Waals surface area contributed by atoms with E-state index in [1.165, 1.54) is 11.1 Å². The third-order valence-corrected chi connectivity index (χ3v) is 5.37. The molecule has 0 saturated carbocycles. The zero-order chi connectivity index (χ0) is 18.1. The van der Waals surface area contributed by atoms with Crippen LogP contribution in [0.4, 0.5) is 5.69 Å². The van der Waals surface area contributed by atoms with Gasteiger partial charge in [-0.25, -0.2) is 4.98 Å². The second-order valence-electron chi connectivity index (χ2n) is 6.40. The SMILES string of the molecule is Cc1ccc(-c2cn3c(CC(=O)Nc4ccccc4)csc3n2)cc1C.Cl. The van der Waals surface area contributed by atoms with E-state index in [0.717, 1.165) is 27.6 Å². The summed E-state index contributed by atoms with van der Waals surface area (Å²) >= 11 is 1.56. The number of nitrogens with one attached hydrogen (secondary N) is 1. The number of aryl methyl sites for hydroxylation is 2. The van der Waals surface area contributed by atoms with Gasteiger partial charge in [0.2, 0.25) is 5.91 Å². The highest BCUT2D eigenvalue weighted by Gasteiger charge is 2.13. The van der Waals surface area contributed by atoms with E-state index in [4.69, 9.17) is 4.98 Å². The highest BCUT2D eigenvalue weighted by atomic mass is 35.5. The molecular weight excluding hydrogens is 378 g/mol. The Bertz CT molecular complexity index is 1090. The van der Waals surface area contributed by atoms with Crippen molar-refractivity contribution in [1.29, 1.82) is 0 Å². The van der Waals surface area contributed by atoms with Gasteiger partial charge >= 0.3 is 0 Å². The van der Waals surface area contributed by atoms with Gasteiger partial charge < -0.3 is 5.32 Å². The molecule has 0 atom stereocenters. The van der Waals surface area contributed by atoms with E-state index >= 15 is 0 Å². The van der Waals surface area contributed by atoms with Gasteiger partial charge in [0.25, 0.3) is 0 Å². The van der Waals surface area contributed by atoms with Crippen molar-refractivity contribution in [2.45, 2.75) is 20.3 Å². The Hall–Kier alpha value is -2.63. The lowest BCUT2D eigenvalue weighted by atomic mass is 10.0. The number of fused-ring (bicyclic) bond motifs is 1. The van der Waals surface area contributed by atoms with Crippen LogP contribution in [0.3, 0.4) is 0 Å². The number of hydrogen-bond donors (Lipinski definition) is 1. The average molecular weight is 398 g/mol. The summed E-state index contributed by atoms with van der Waals surface area (Å²) in [6.45, 7) is 4.21. The van der Waals surface area contributed by atoms with Crippen LogP contribution in [0.1, 0.15) is 16.8 Å². The molecule has 0 unspecified atom stereocenters. The maximum absolute atomic E-state index is 12.3. The van der Waals surface area contributed by atoms with Crippen molar-refractivity contribution in [3.05, 3.63) is 76.9 Å². The van der Waals surface area contributed by atoms with E-state index in [1.807, 2.05) is 46.3 Å². The normalized spacial score (nSPS) is 10.6. The maximum Gasteiger partial charge on any atom is 0.230 e. The van der Waals surface area contributed by atoms with Crippen LogP contribution in [-0.4, -0.2) is 15.3 Å². The summed E-state index contributed by atoms with van der Waals surface area (Å²) in [7, 11) is 0. The first-order chi connectivity index (χ1) is 12.6. The number of thiazole rings is 1. The quantitative estimate of drug-likeness (QED) is 0.509. The molecule has 1 N–H and O–H groups in total. The fraction of sp³-hybridized carbons (Fsp3) is 0.143. The molecule has 4 aromatic rings. The summed E-state index contributed by atoms with van der Waals surface area (Å²) < 4.78 is 2.01. The number of anilines is 1. The Morgan fingerprint density at radius 2 is 1.89 bits per heavy atom. The number of imidazole rings is 1. The minimum atomic E-state index is -0.0302. The standard InChI is InChI=1S/C21H19N3OS.ClH/c1-14-8-9-16(10-15(14)2)19-12-24-18(13-26-21(24)23-19)11-20(25)22-17-6-4-3-5-7-17;/h3-10,12-13H,11H2,1-2H3,(H,22,25);1H. The number of nitrogens with zero attached hydrogens (tertiary/aromatic N) is 2. The van der Waals surface area contributed by atoms with Crippen LogP contribution in [0.25, 0.3) is 16.2 Å². The molecule has 4 nitrogen and oxygen atoms in total. The zero-order valence-electron chi connectivity index (χ0n) is 15.1. The third-order valence-electron chi connectivity index (χ3n) is 4.49. The summed E-state index contributed by atoms with van der Waals surface area (Å²) in [6.07, 6.45) is 2.33. The fourth-order valence-electron chi connectivity index (χ4n) is 2.89. The molecule has 0 aliphatic heterocycles. The van der Waals surface area contributed by atoms with Crippen LogP contribution in [-0.2, 0) is 11.2 Å². The van der Waals surface area contributed by atoms with Gasteiger partial charge in [0.15, 0.2) is 4.96 Å². The van der Waals surface area contributed by atoms with Gasteiger partial charge in [-0.15, -0.1) is 23.7 Å². The number of amides is 1. The van der Waals surface area contributed by atoms with Gasteiger partial charge in [0.05, 0.1) is 12.1 Å². The first-order valence-corrected chi connectivity index (χ1v) is 9.36. The van der Waals surface area contributed by atoms with E-state index in [-0.39, 0.29) is 18.3 Å². The predicted octanol–water partition coefficient (Wildman–Crippen LogP) is 5.28. The van der Waals surface area contributed by atoms with Crippen molar-refractivity contribution in [2.24, 2.45) is 0 Å². The van der Waals surface area contributed by atoms with Gasteiger partial charge in [-0.3, -0.25) is 9.20 Å². The molecule has 0 saturated heterocycles. The summed E-state index contributed by atoms with van der Waals surface area (Å²) in [6, 6.07) is 15.9. The zero-order valence-corrected chi connectivity index (χ0v) is 16.7. The number of halogens is 1. The van der Waals surface area contributed by atoms with Gasteiger partial charge in [-0.1, -0.05) is 30.3 Å². The number of benzene rings is 2. The van der Waals surface area contributed by atoms with Crippen LogP contribution in [0.15, 0.2) is 60.1 Å². The molecule has 0 radical (unpaired) electrons. The minimum absolute atomic E-state index is 0. The Kier molecular flexibility index (Phi) is 5.63. The molecule has 0 fully saturated rings. The van der Waals surface area contributed by atoms with Crippen LogP contribution < -0.4 is 5.32 Å². The van der Waals surface area contributed by atoms with Crippen molar-refractivity contribution in [3.63, 3.8) is 0 Å². The Morgan fingerprint density at radius 3 is 2.63 bits per heavy atom. The molecule has 0 aliphatic rings. The van der Waals surface area contributed by atoms with E-state index in [0.29, 0.717) is 6.42 Å². The van der Waals surface area contributed by atoms with Crippen LogP contribution >= 0.6 is 23.7 Å². The van der Waals surface area contributed by atoms with Gasteiger partial charge in [0, 0.05) is 28.5 Å². The highest BCUT2D eigenvalue weighted by Crippen LogP contribution is 2.25. The van der Waals surface area contributed by atoms with E-state index in [2.05, 4.69) is 37.4 Å². The first-order valence-electron chi connectivity index (χ1n) is 8.48. The van der Waals surface area contributed by atoms with Gasteiger partial charge in [-0.05, 0) is 43.2 Å². The number of carbonyl (C=O) groups is 1. The molecule has 1 amide bonds. The smallest absolute Gasteiger partial charge is 0.230 e. The minimum Gasteiger partial charge on any atom is -0.326 e. The third kappa shape index (κ3) is 4.04. The summed E-state index contributed by atoms with van der Waals surface area (Å²) in [5, 5.41) is 4.93. The van der Waals surface area contributed by atoms with Crippen molar-refractivity contribution in [3.8, 4) is 11.3 Å². The van der Waals surface area contributed by atoms with Crippen molar-refractivity contribution < 1.29 is 4.79 Å². The largest absolute Gasteiger partial charge is 0.326 e. The topological polar surface area (TPSA) is 46.4 Å². The number of hydrogen-bond acceptors (Lipinski definition) is 3. The van der Waals surface area contributed by atoms with Crippen LogP contribution in [0.2, 0.25) is 0 Å². The number of para-hydroxylation sites is 1. The molecule has 0 aliphatic carbocycles. The molecule has 2 aromatic heterocycles. The van der Waals surface area contributed by atoms with E-state index in [1.54, 1.807) is 11.3 Å². The van der Waals surface area contributed by atoms with Crippen molar-refractivity contribution in [2.75, 3.05) is 5.32 Å². The molecule has 0 bridgehead atoms. The molecule has 2 heterocycles. The Morgan fingerprint density at radius 1 is 1.11 bits per heavy atom. The van der Waals surface area contributed by atoms with Gasteiger partial charge in [0.1, 0.15) is 0 Å². The number of rotatable bonds is 4. The fourth-order valence-corrected chi connectivity index (χ4v) is 3.76. The summed E-state index contributed by atoms with van der Waals surface area (Å²) in [5.74, 6) is -0.0302. The monoisotopic (exact) mass is 397 g/mol. The number of aromatic nitrogens is 2. The predicted molar refractivity (Wildman–Crippen MR) is 114 cm³/mol. The molecule has 6 heteroatoms. The summed E-state index contributed by atoms with van der Waals surface area (Å²) in [4.78, 5) is 18.0. The molecule has 0 spiro atoms. The molecule has 27 heavy (non-hydrogen) atoms. The first kappa shape index (κ1) is 19.1. The van der Waals surface area contributed by atoms with Crippen LogP contribution in [0, 0.1) is 13.8 Å². The Labute approximate surface area is 168 Å². The summed E-state index contributed by atoms with van der Waals surface area (Å²) in [5.41, 5.74) is 6.31. The lowest BCUT2D eigenvalue weighted by Crippen LogP contribution is -2.15. The van der Waals surface area contributed by atoms with E-state index in [9.17, 15) is 4.79 Å². The van der Waals surface area contributed by atoms with Crippen LogP contribution in [0.5, 0.6) is 0 Å². The Balaban J connectivity index is 0.00000210. The van der Waals surface area contributed by atoms with E-state index < -0.39 is 0 Å². The second-order valence-corrected chi connectivity index (χ2v) is 7.23. The maximum atomic E-state index is 12.3. The molecular formula is C21H20ClN3OS. The van der Waals surface area contributed by atoms with Gasteiger partial charge in [-0.2, -0.15) is 0 Å². The van der Waals surface area contributed by atoms with Crippen molar-refractivity contribution in [1.82, 2.24) is 9.38 Å².